The number of nitrogens with one attached hydrogen (secondary N) is 1. The Morgan fingerprint density at radius 1 is 1.04 bits per heavy atom. The van der Waals surface area contributed by atoms with Crippen molar-refractivity contribution in [3.63, 3.8) is 0 Å². The zero-order chi connectivity index (χ0) is 18.8. The number of carbonyl (C=O) groups excluding carboxylic acids is 2. The van der Waals surface area contributed by atoms with Crippen LogP contribution in [-0.4, -0.2) is 18.4 Å². The van der Waals surface area contributed by atoms with Gasteiger partial charge in [0.25, 0.3) is 5.91 Å². The number of rotatable bonds is 4. The van der Waals surface area contributed by atoms with Gasteiger partial charge in [-0.25, -0.2) is 4.39 Å². The molecule has 2 aromatic carbocycles. The van der Waals surface area contributed by atoms with Gasteiger partial charge in [-0.1, -0.05) is 24.3 Å². The molecule has 0 radical (unpaired) electrons. The van der Waals surface area contributed by atoms with E-state index >= 15 is 0 Å². The lowest BCUT2D eigenvalue weighted by Gasteiger charge is -2.19. The number of anilines is 2. The quantitative estimate of drug-likeness (QED) is 0.743. The lowest BCUT2D eigenvalue weighted by Crippen LogP contribution is -2.25. The fraction of sp³-hybridized carbons (Fsp3) is 0.143. The van der Waals surface area contributed by atoms with Gasteiger partial charge in [0.05, 0.1) is 16.9 Å². The fourth-order valence-corrected chi connectivity index (χ4v) is 3.17. The van der Waals surface area contributed by atoms with Crippen LogP contribution in [0.25, 0.3) is 11.3 Å². The molecule has 0 unspecified atom stereocenters. The zero-order valence-electron chi connectivity index (χ0n) is 14.4. The maximum atomic E-state index is 13.9. The van der Waals surface area contributed by atoms with E-state index in [2.05, 4.69) is 5.32 Å². The number of halogens is 1. The molecule has 1 aromatic heterocycles. The summed E-state index contributed by atoms with van der Waals surface area (Å²) in [6, 6.07) is 16.4. The van der Waals surface area contributed by atoms with Crippen LogP contribution in [0.5, 0.6) is 0 Å². The summed E-state index contributed by atoms with van der Waals surface area (Å²) < 4.78 is 19.4. The molecule has 3 aromatic rings. The van der Waals surface area contributed by atoms with Gasteiger partial charge in [0.1, 0.15) is 11.6 Å². The van der Waals surface area contributed by atoms with E-state index in [9.17, 15) is 14.0 Å². The topological polar surface area (TPSA) is 62.6 Å². The van der Waals surface area contributed by atoms with Crippen molar-refractivity contribution in [3.05, 3.63) is 72.2 Å². The smallest absolute Gasteiger partial charge is 0.291 e. The molecule has 2 amide bonds. The SMILES string of the molecule is O=C(Nc1ccccc1N1CCCC1=O)c1ccc(-c2ccccc2F)o1. The second-order valence-electron chi connectivity index (χ2n) is 6.26. The first kappa shape index (κ1) is 17.0. The van der Waals surface area contributed by atoms with E-state index in [1.54, 1.807) is 47.4 Å². The molecule has 1 aliphatic rings. The minimum Gasteiger partial charge on any atom is -0.451 e. The van der Waals surface area contributed by atoms with Gasteiger partial charge in [-0.15, -0.1) is 0 Å². The molecular weight excluding hydrogens is 347 g/mol. The number of nitrogens with zero attached hydrogens (tertiary/aromatic N) is 1. The Bertz CT molecular complexity index is 1010. The highest BCUT2D eigenvalue weighted by molar-refractivity contribution is 6.07. The van der Waals surface area contributed by atoms with Gasteiger partial charge in [-0.2, -0.15) is 0 Å². The molecule has 1 fully saturated rings. The van der Waals surface area contributed by atoms with E-state index in [4.69, 9.17) is 4.42 Å². The average Bonchev–Trinajstić information content (AvgIpc) is 3.32. The van der Waals surface area contributed by atoms with Crippen molar-refractivity contribution in [1.29, 1.82) is 0 Å². The molecule has 4 rings (SSSR count). The van der Waals surface area contributed by atoms with Crippen LogP contribution in [0.2, 0.25) is 0 Å². The minimum atomic E-state index is -0.461. The van der Waals surface area contributed by atoms with E-state index in [0.29, 0.717) is 29.9 Å². The normalized spacial score (nSPS) is 13.8. The van der Waals surface area contributed by atoms with E-state index in [1.165, 1.54) is 12.1 Å². The van der Waals surface area contributed by atoms with Crippen LogP contribution in [0.4, 0.5) is 15.8 Å². The number of para-hydroxylation sites is 2. The molecule has 0 aliphatic carbocycles. The van der Waals surface area contributed by atoms with E-state index in [0.717, 1.165) is 6.42 Å². The average molecular weight is 364 g/mol. The Hall–Kier alpha value is -3.41. The Kier molecular flexibility index (Phi) is 4.46. The standard InChI is InChI=1S/C21H17FN2O3/c22-15-7-2-1-6-14(15)18-11-12-19(27-18)21(26)23-16-8-3-4-9-17(16)24-13-5-10-20(24)25/h1-4,6-9,11-12H,5,10,13H2,(H,23,26). The highest BCUT2D eigenvalue weighted by Crippen LogP contribution is 2.30. The van der Waals surface area contributed by atoms with Crippen molar-refractivity contribution in [1.82, 2.24) is 0 Å². The molecule has 0 atom stereocenters. The van der Waals surface area contributed by atoms with Crippen molar-refractivity contribution in [2.45, 2.75) is 12.8 Å². The molecule has 5 nitrogen and oxygen atoms in total. The van der Waals surface area contributed by atoms with Crippen molar-refractivity contribution >= 4 is 23.2 Å². The molecule has 6 heteroatoms. The summed E-state index contributed by atoms with van der Waals surface area (Å²) >= 11 is 0. The predicted octanol–water partition coefficient (Wildman–Crippen LogP) is 4.46. The predicted molar refractivity (Wildman–Crippen MR) is 100 cm³/mol. The first-order valence-electron chi connectivity index (χ1n) is 8.69. The van der Waals surface area contributed by atoms with Gasteiger partial charge >= 0.3 is 0 Å². The maximum Gasteiger partial charge on any atom is 0.291 e. The third-order valence-corrected chi connectivity index (χ3v) is 4.49. The third kappa shape index (κ3) is 3.33. The van der Waals surface area contributed by atoms with Gasteiger partial charge in [0.15, 0.2) is 5.76 Å². The van der Waals surface area contributed by atoms with E-state index in [1.807, 2.05) is 6.07 Å². The molecule has 1 saturated heterocycles. The Morgan fingerprint density at radius 3 is 2.59 bits per heavy atom. The molecular formula is C21H17FN2O3. The molecule has 136 valence electrons. The van der Waals surface area contributed by atoms with Crippen LogP contribution in [-0.2, 0) is 4.79 Å². The summed E-state index contributed by atoms with van der Waals surface area (Å²) in [6.45, 7) is 0.629. The summed E-state index contributed by atoms with van der Waals surface area (Å²) in [5.74, 6) is -0.498. The number of carbonyl (C=O) groups is 2. The molecule has 0 saturated carbocycles. The lowest BCUT2D eigenvalue weighted by molar-refractivity contribution is -0.117. The molecule has 27 heavy (non-hydrogen) atoms. The first-order chi connectivity index (χ1) is 13.1. The van der Waals surface area contributed by atoms with Gasteiger partial charge in [-0.05, 0) is 42.8 Å². The molecule has 0 spiro atoms. The summed E-state index contributed by atoms with van der Waals surface area (Å²) in [5.41, 5.74) is 1.48. The summed E-state index contributed by atoms with van der Waals surface area (Å²) in [7, 11) is 0. The summed E-state index contributed by atoms with van der Waals surface area (Å²) in [4.78, 5) is 26.3. The first-order valence-corrected chi connectivity index (χ1v) is 8.69. The highest BCUT2D eigenvalue weighted by atomic mass is 19.1. The van der Waals surface area contributed by atoms with E-state index < -0.39 is 11.7 Å². The van der Waals surface area contributed by atoms with Crippen LogP contribution >= 0.6 is 0 Å². The van der Waals surface area contributed by atoms with Gasteiger partial charge in [0.2, 0.25) is 5.91 Å². The van der Waals surface area contributed by atoms with Gasteiger partial charge < -0.3 is 14.6 Å². The highest BCUT2D eigenvalue weighted by Gasteiger charge is 2.24. The lowest BCUT2D eigenvalue weighted by atomic mass is 10.1. The number of benzene rings is 2. The van der Waals surface area contributed by atoms with Crippen molar-refractivity contribution < 1.29 is 18.4 Å². The largest absolute Gasteiger partial charge is 0.451 e. The Labute approximate surface area is 155 Å². The van der Waals surface area contributed by atoms with Crippen molar-refractivity contribution in [3.8, 4) is 11.3 Å². The molecule has 2 heterocycles. The molecule has 0 bridgehead atoms. The number of hydrogen-bond donors (Lipinski definition) is 1. The number of amides is 2. The van der Waals surface area contributed by atoms with Crippen LogP contribution < -0.4 is 10.2 Å². The van der Waals surface area contributed by atoms with Gasteiger partial charge in [-0.3, -0.25) is 9.59 Å². The van der Waals surface area contributed by atoms with Crippen LogP contribution in [0.3, 0.4) is 0 Å². The number of hydrogen-bond acceptors (Lipinski definition) is 3. The minimum absolute atomic E-state index is 0.0385. The fourth-order valence-electron chi connectivity index (χ4n) is 3.17. The molecule has 1 aliphatic heterocycles. The Morgan fingerprint density at radius 2 is 1.81 bits per heavy atom. The van der Waals surface area contributed by atoms with Crippen LogP contribution in [0, 0.1) is 5.82 Å². The second-order valence-corrected chi connectivity index (χ2v) is 6.26. The monoisotopic (exact) mass is 364 g/mol. The van der Waals surface area contributed by atoms with Gasteiger partial charge in [0, 0.05) is 13.0 Å². The zero-order valence-corrected chi connectivity index (χ0v) is 14.4. The van der Waals surface area contributed by atoms with Crippen LogP contribution in [0.15, 0.2) is 65.1 Å². The van der Waals surface area contributed by atoms with Crippen molar-refractivity contribution in [2.75, 3.05) is 16.8 Å². The van der Waals surface area contributed by atoms with E-state index in [-0.39, 0.29) is 17.4 Å². The molecule has 1 N–H and O–H groups in total. The second kappa shape index (κ2) is 7.07. The Balaban J connectivity index is 1.57. The van der Waals surface area contributed by atoms with Crippen molar-refractivity contribution in [2.24, 2.45) is 0 Å². The number of furan rings is 1. The third-order valence-electron chi connectivity index (χ3n) is 4.49. The maximum absolute atomic E-state index is 13.9. The summed E-state index contributed by atoms with van der Waals surface area (Å²) in [6.07, 6.45) is 1.30. The summed E-state index contributed by atoms with van der Waals surface area (Å²) in [5, 5.41) is 2.78. The van der Waals surface area contributed by atoms with Crippen LogP contribution in [0.1, 0.15) is 23.4 Å².